The number of ether oxygens (including phenoxy) is 1. The molecule has 0 bridgehead atoms. The molecule has 2 N–H and O–H groups in total. The molecule has 0 radical (unpaired) electrons. The molecule has 0 saturated heterocycles. The van der Waals surface area contributed by atoms with Crippen molar-refractivity contribution < 1.29 is 9.53 Å². The number of carbonyl (C=O) groups excluding carboxylic acids is 1. The number of aromatic nitrogens is 1. The van der Waals surface area contributed by atoms with E-state index in [0.717, 1.165) is 11.4 Å². The molecule has 0 aliphatic heterocycles. The average molecular weight is 251 g/mol. The summed E-state index contributed by atoms with van der Waals surface area (Å²) in [5, 5.41) is 0. The van der Waals surface area contributed by atoms with Crippen molar-refractivity contribution in [2.24, 2.45) is 5.73 Å². The van der Waals surface area contributed by atoms with Gasteiger partial charge in [-0.25, -0.2) is 0 Å². The third-order valence-corrected chi connectivity index (χ3v) is 2.77. The van der Waals surface area contributed by atoms with Crippen molar-refractivity contribution in [3.8, 4) is 0 Å². The quantitative estimate of drug-likeness (QED) is 0.808. The van der Waals surface area contributed by atoms with Gasteiger partial charge in [-0.1, -0.05) is 6.07 Å². The number of carbonyl (C=O) groups is 1. The fourth-order valence-electron chi connectivity index (χ4n) is 1.63. The minimum absolute atomic E-state index is 0.00982. The van der Waals surface area contributed by atoms with Crippen LogP contribution in [-0.4, -0.2) is 42.6 Å². The van der Waals surface area contributed by atoms with Crippen LogP contribution in [0.5, 0.6) is 0 Å². The number of hydrogen-bond acceptors (Lipinski definition) is 4. The first kappa shape index (κ1) is 14.6. The van der Waals surface area contributed by atoms with E-state index < -0.39 is 0 Å². The maximum absolute atomic E-state index is 11.9. The fraction of sp³-hybridized carbons (Fsp3) is 0.538. The summed E-state index contributed by atoms with van der Waals surface area (Å²) >= 11 is 0. The van der Waals surface area contributed by atoms with E-state index in [1.165, 1.54) is 0 Å². The van der Waals surface area contributed by atoms with Crippen LogP contribution < -0.4 is 5.73 Å². The van der Waals surface area contributed by atoms with Crippen LogP contribution in [0.1, 0.15) is 17.8 Å². The van der Waals surface area contributed by atoms with E-state index in [0.29, 0.717) is 19.5 Å². The summed E-state index contributed by atoms with van der Waals surface area (Å²) in [6.45, 7) is 2.78. The predicted molar refractivity (Wildman–Crippen MR) is 69.9 cm³/mol. The van der Waals surface area contributed by atoms with E-state index in [1.807, 2.05) is 25.1 Å². The molecule has 1 rings (SSSR count). The lowest BCUT2D eigenvalue weighted by Gasteiger charge is -2.20. The standard InChI is InChI=1S/C13H21N3O2/c1-10-5-4-6-11(15-10)9-16(2)13(17)7-12(8-14)18-3/h4-6,12H,7-9,14H2,1-3H3. The van der Waals surface area contributed by atoms with E-state index in [1.54, 1.807) is 19.1 Å². The second-order valence-corrected chi connectivity index (χ2v) is 4.32. The Kier molecular flexibility index (Phi) is 5.74. The van der Waals surface area contributed by atoms with Crippen LogP contribution >= 0.6 is 0 Å². The first-order valence-electron chi connectivity index (χ1n) is 5.96. The van der Waals surface area contributed by atoms with Crippen molar-refractivity contribution in [1.82, 2.24) is 9.88 Å². The van der Waals surface area contributed by atoms with Crippen molar-refractivity contribution in [1.29, 1.82) is 0 Å². The number of rotatable bonds is 6. The molecule has 18 heavy (non-hydrogen) atoms. The van der Waals surface area contributed by atoms with Crippen molar-refractivity contribution >= 4 is 5.91 Å². The first-order valence-corrected chi connectivity index (χ1v) is 5.96. The zero-order valence-corrected chi connectivity index (χ0v) is 11.2. The van der Waals surface area contributed by atoms with Gasteiger partial charge in [0.1, 0.15) is 0 Å². The highest BCUT2D eigenvalue weighted by Crippen LogP contribution is 2.05. The Balaban J connectivity index is 2.54. The number of pyridine rings is 1. The monoisotopic (exact) mass is 251 g/mol. The molecule has 0 fully saturated rings. The Morgan fingerprint density at radius 1 is 1.56 bits per heavy atom. The predicted octanol–water partition coefficient (Wildman–Crippen LogP) is 0.712. The zero-order chi connectivity index (χ0) is 13.5. The Morgan fingerprint density at radius 3 is 2.83 bits per heavy atom. The van der Waals surface area contributed by atoms with Crippen molar-refractivity contribution in [2.75, 3.05) is 20.7 Å². The summed E-state index contributed by atoms with van der Waals surface area (Å²) in [6.07, 6.45) is 0.0837. The molecule has 1 aromatic heterocycles. The van der Waals surface area contributed by atoms with Gasteiger partial charge in [-0.2, -0.15) is 0 Å². The van der Waals surface area contributed by atoms with E-state index in [9.17, 15) is 4.79 Å². The van der Waals surface area contributed by atoms with Crippen LogP contribution in [0.4, 0.5) is 0 Å². The number of amides is 1. The summed E-state index contributed by atoms with van der Waals surface area (Å²) in [5.41, 5.74) is 7.33. The minimum Gasteiger partial charge on any atom is -0.380 e. The van der Waals surface area contributed by atoms with Gasteiger partial charge in [0, 0.05) is 26.4 Å². The molecule has 5 nitrogen and oxygen atoms in total. The molecule has 0 saturated carbocycles. The number of nitrogens with zero attached hydrogens (tertiary/aromatic N) is 2. The summed E-state index contributed by atoms with van der Waals surface area (Å²) < 4.78 is 5.10. The van der Waals surface area contributed by atoms with Gasteiger partial charge < -0.3 is 15.4 Å². The molecular weight excluding hydrogens is 230 g/mol. The van der Waals surface area contributed by atoms with Crippen molar-refractivity contribution in [2.45, 2.75) is 26.0 Å². The lowest BCUT2D eigenvalue weighted by atomic mass is 10.2. The van der Waals surface area contributed by atoms with E-state index in [4.69, 9.17) is 10.5 Å². The van der Waals surface area contributed by atoms with Crippen molar-refractivity contribution in [3.05, 3.63) is 29.6 Å². The van der Waals surface area contributed by atoms with Gasteiger partial charge in [-0.3, -0.25) is 9.78 Å². The SMILES string of the molecule is COC(CN)CC(=O)N(C)Cc1cccc(C)n1. The van der Waals surface area contributed by atoms with Crippen LogP contribution in [0, 0.1) is 6.92 Å². The average Bonchev–Trinajstić information content (AvgIpc) is 2.35. The molecule has 1 heterocycles. The number of aryl methyl sites for hydroxylation is 1. The highest BCUT2D eigenvalue weighted by molar-refractivity contribution is 5.76. The van der Waals surface area contributed by atoms with E-state index in [2.05, 4.69) is 4.98 Å². The molecule has 1 unspecified atom stereocenters. The minimum atomic E-state index is -0.217. The number of hydrogen-bond donors (Lipinski definition) is 1. The van der Waals surface area contributed by atoms with Crippen LogP contribution in [0.3, 0.4) is 0 Å². The smallest absolute Gasteiger partial charge is 0.225 e. The molecular formula is C13H21N3O2. The highest BCUT2D eigenvalue weighted by atomic mass is 16.5. The van der Waals surface area contributed by atoms with Gasteiger partial charge in [-0.05, 0) is 19.1 Å². The summed E-state index contributed by atoms with van der Waals surface area (Å²) in [7, 11) is 3.32. The molecule has 0 spiro atoms. The van der Waals surface area contributed by atoms with E-state index in [-0.39, 0.29) is 12.0 Å². The molecule has 1 atom stereocenters. The second kappa shape index (κ2) is 7.08. The normalized spacial score (nSPS) is 12.2. The van der Waals surface area contributed by atoms with Crippen molar-refractivity contribution in [3.63, 3.8) is 0 Å². The third-order valence-electron chi connectivity index (χ3n) is 2.77. The molecule has 100 valence electrons. The molecule has 0 aromatic carbocycles. The molecule has 1 aromatic rings. The van der Waals surface area contributed by atoms with Gasteiger partial charge in [0.2, 0.25) is 5.91 Å². The third kappa shape index (κ3) is 4.43. The number of methoxy groups -OCH3 is 1. The fourth-order valence-corrected chi connectivity index (χ4v) is 1.63. The van der Waals surface area contributed by atoms with Crippen LogP contribution in [0.25, 0.3) is 0 Å². The van der Waals surface area contributed by atoms with Crippen LogP contribution in [0.15, 0.2) is 18.2 Å². The summed E-state index contributed by atoms with van der Waals surface area (Å²) in [5.74, 6) is 0.00982. The zero-order valence-electron chi connectivity index (χ0n) is 11.2. The second-order valence-electron chi connectivity index (χ2n) is 4.32. The summed E-state index contributed by atoms with van der Waals surface area (Å²) in [6, 6.07) is 5.78. The maximum Gasteiger partial charge on any atom is 0.225 e. The van der Waals surface area contributed by atoms with Crippen LogP contribution in [0.2, 0.25) is 0 Å². The Hall–Kier alpha value is -1.46. The Labute approximate surface area is 108 Å². The largest absolute Gasteiger partial charge is 0.380 e. The molecule has 1 amide bonds. The maximum atomic E-state index is 11.9. The Morgan fingerprint density at radius 2 is 2.28 bits per heavy atom. The first-order chi connectivity index (χ1) is 8.56. The van der Waals surface area contributed by atoms with Gasteiger partial charge in [0.25, 0.3) is 0 Å². The van der Waals surface area contributed by atoms with E-state index >= 15 is 0 Å². The van der Waals surface area contributed by atoms with Gasteiger partial charge in [0.15, 0.2) is 0 Å². The molecule has 0 aliphatic rings. The highest BCUT2D eigenvalue weighted by Gasteiger charge is 2.15. The summed E-state index contributed by atoms with van der Waals surface area (Å²) in [4.78, 5) is 17.9. The molecule has 5 heteroatoms. The van der Waals surface area contributed by atoms with Gasteiger partial charge in [0.05, 0.1) is 24.8 Å². The number of nitrogens with two attached hydrogens (primary N) is 1. The van der Waals surface area contributed by atoms with Gasteiger partial charge in [-0.15, -0.1) is 0 Å². The lowest BCUT2D eigenvalue weighted by Crippen LogP contribution is -2.33. The topological polar surface area (TPSA) is 68.5 Å². The Bertz CT molecular complexity index is 392. The molecule has 0 aliphatic carbocycles. The van der Waals surface area contributed by atoms with Gasteiger partial charge >= 0.3 is 0 Å². The lowest BCUT2D eigenvalue weighted by molar-refractivity contribution is -0.132. The van der Waals surface area contributed by atoms with Crippen LogP contribution in [-0.2, 0) is 16.1 Å².